The number of rotatable bonds is 7. The minimum atomic E-state index is -2.98. The van der Waals surface area contributed by atoms with Crippen molar-refractivity contribution in [1.82, 2.24) is 15.0 Å². The van der Waals surface area contributed by atoms with Crippen LogP contribution in [0.3, 0.4) is 0 Å². The van der Waals surface area contributed by atoms with E-state index in [0.29, 0.717) is 54.8 Å². The Bertz CT molecular complexity index is 1970. The van der Waals surface area contributed by atoms with Crippen LogP contribution in [-0.4, -0.2) is 95.9 Å². The molecule has 0 bridgehead atoms. The SMILES string of the molecule is C[C@@H]1N(c2cc(C#CC[C@@H]3CCCOC3)cnc2O[C@H]2C[C@@H](C(=O)O)N(c3nc(C(F)F)nc4c3oc3ccccc34)C2)CCOC12COC2. The molecule has 1 aromatic carbocycles. The monoisotopic (exact) mass is 689 g/mol. The summed E-state index contributed by atoms with van der Waals surface area (Å²) in [5.74, 6) is 5.43. The van der Waals surface area contributed by atoms with Crippen molar-refractivity contribution in [2.75, 3.05) is 55.9 Å². The summed E-state index contributed by atoms with van der Waals surface area (Å²) in [5, 5.41) is 10.9. The van der Waals surface area contributed by atoms with Crippen LogP contribution < -0.4 is 14.5 Å². The number of hydrogen-bond acceptors (Lipinski definition) is 11. The second-order valence-corrected chi connectivity index (χ2v) is 13.4. The van der Waals surface area contributed by atoms with Gasteiger partial charge in [0.25, 0.3) is 6.43 Å². The number of carboxylic acids is 1. The third-order valence-electron chi connectivity index (χ3n) is 10.2. The van der Waals surface area contributed by atoms with Crippen LogP contribution in [0.2, 0.25) is 0 Å². The number of aromatic nitrogens is 3. The van der Waals surface area contributed by atoms with Gasteiger partial charge >= 0.3 is 5.97 Å². The maximum Gasteiger partial charge on any atom is 0.326 e. The van der Waals surface area contributed by atoms with Crippen molar-refractivity contribution < 1.29 is 42.0 Å². The third-order valence-corrected chi connectivity index (χ3v) is 10.2. The lowest BCUT2D eigenvalue weighted by Gasteiger charge is -2.53. The number of nitrogens with zero attached hydrogens (tertiary/aromatic N) is 5. The number of ether oxygens (including phenoxy) is 4. The largest absolute Gasteiger partial charge is 0.480 e. The summed E-state index contributed by atoms with van der Waals surface area (Å²) in [5.41, 5.74) is 1.75. The number of carboxylic acid groups (broad SMARTS) is 1. The predicted octanol–water partition coefficient (Wildman–Crippen LogP) is 4.98. The molecular weight excluding hydrogens is 652 g/mol. The number of anilines is 2. The molecule has 4 aliphatic heterocycles. The van der Waals surface area contributed by atoms with Gasteiger partial charge in [0, 0.05) is 43.1 Å². The molecule has 0 amide bonds. The summed E-state index contributed by atoms with van der Waals surface area (Å²) in [4.78, 5) is 29.2. The molecule has 0 aliphatic carbocycles. The summed E-state index contributed by atoms with van der Waals surface area (Å²) in [6.07, 6.45) is 0.922. The number of benzene rings is 1. The number of pyridine rings is 1. The molecule has 4 aromatic rings. The molecule has 3 aromatic heterocycles. The van der Waals surface area contributed by atoms with Crippen molar-refractivity contribution in [2.24, 2.45) is 5.92 Å². The Hall–Kier alpha value is -4.58. The van der Waals surface area contributed by atoms with Crippen molar-refractivity contribution in [3.8, 4) is 17.7 Å². The van der Waals surface area contributed by atoms with E-state index >= 15 is 0 Å². The van der Waals surface area contributed by atoms with E-state index in [4.69, 9.17) is 28.3 Å². The summed E-state index contributed by atoms with van der Waals surface area (Å²) in [6, 6.07) is 7.68. The van der Waals surface area contributed by atoms with Crippen LogP contribution >= 0.6 is 0 Å². The van der Waals surface area contributed by atoms with Crippen molar-refractivity contribution in [1.29, 1.82) is 0 Å². The second-order valence-electron chi connectivity index (χ2n) is 13.4. The number of aliphatic carboxylic acids is 1. The van der Waals surface area contributed by atoms with Crippen molar-refractivity contribution in [3.63, 3.8) is 0 Å². The van der Waals surface area contributed by atoms with Crippen LogP contribution in [0.1, 0.15) is 50.4 Å². The van der Waals surface area contributed by atoms with Crippen LogP contribution in [0.25, 0.3) is 22.1 Å². The third kappa shape index (κ3) is 5.97. The van der Waals surface area contributed by atoms with Gasteiger partial charge in [-0.25, -0.2) is 28.5 Å². The van der Waals surface area contributed by atoms with Gasteiger partial charge in [-0.1, -0.05) is 24.0 Å². The molecule has 7 heterocycles. The van der Waals surface area contributed by atoms with E-state index in [1.54, 1.807) is 30.5 Å². The van der Waals surface area contributed by atoms with Gasteiger partial charge in [0.05, 0.1) is 39.0 Å². The highest BCUT2D eigenvalue weighted by molar-refractivity contribution is 6.06. The lowest BCUT2D eigenvalue weighted by Crippen LogP contribution is -2.68. The molecule has 8 rings (SSSR count). The van der Waals surface area contributed by atoms with E-state index < -0.39 is 36.0 Å². The minimum absolute atomic E-state index is 0.0177. The first-order valence-corrected chi connectivity index (χ1v) is 17.0. The molecule has 4 saturated heterocycles. The Balaban J connectivity index is 1.12. The maximum atomic E-state index is 14.1. The zero-order chi connectivity index (χ0) is 34.4. The lowest BCUT2D eigenvalue weighted by molar-refractivity contribution is -0.228. The van der Waals surface area contributed by atoms with E-state index in [0.717, 1.165) is 38.0 Å². The summed E-state index contributed by atoms with van der Waals surface area (Å²) < 4.78 is 58.1. The van der Waals surface area contributed by atoms with Gasteiger partial charge < -0.3 is 38.3 Å². The molecule has 50 heavy (non-hydrogen) atoms. The highest BCUT2D eigenvalue weighted by Crippen LogP contribution is 2.41. The maximum absolute atomic E-state index is 14.1. The minimum Gasteiger partial charge on any atom is -0.480 e. The van der Waals surface area contributed by atoms with Crippen molar-refractivity contribution >= 4 is 39.5 Å². The molecule has 4 fully saturated rings. The van der Waals surface area contributed by atoms with Gasteiger partial charge in [0.15, 0.2) is 17.2 Å². The number of morpholine rings is 1. The molecule has 1 spiro atoms. The number of fused-ring (bicyclic) bond motifs is 3. The number of para-hydroxylation sites is 1. The highest BCUT2D eigenvalue weighted by Gasteiger charge is 2.50. The first kappa shape index (κ1) is 32.6. The molecule has 0 radical (unpaired) electrons. The molecule has 14 heteroatoms. The van der Waals surface area contributed by atoms with Crippen molar-refractivity contribution in [2.45, 2.75) is 62.8 Å². The molecule has 4 aliphatic rings. The lowest BCUT2D eigenvalue weighted by atomic mass is 9.90. The van der Waals surface area contributed by atoms with Gasteiger partial charge in [-0.3, -0.25) is 0 Å². The van der Waals surface area contributed by atoms with Crippen LogP contribution in [0.5, 0.6) is 5.88 Å². The summed E-state index contributed by atoms with van der Waals surface area (Å²) in [6.45, 7) is 5.65. The van der Waals surface area contributed by atoms with Crippen LogP contribution in [-0.2, 0) is 19.0 Å². The van der Waals surface area contributed by atoms with Gasteiger partial charge in [-0.15, -0.1) is 0 Å². The molecule has 262 valence electrons. The molecule has 0 saturated carbocycles. The number of hydrogen-bond donors (Lipinski definition) is 1. The van der Waals surface area contributed by atoms with E-state index in [-0.39, 0.29) is 35.9 Å². The van der Waals surface area contributed by atoms with E-state index in [2.05, 4.69) is 33.6 Å². The van der Waals surface area contributed by atoms with Gasteiger partial charge in [-0.05, 0) is 43.9 Å². The topological polar surface area (TPSA) is 133 Å². The van der Waals surface area contributed by atoms with Gasteiger partial charge in [-0.2, -0.15) is 0 Å². The van der Waals surface area contributed by atoms with Crippen molar-refractivity contribution in [3.05, 3.63) is 47.9 Å². The number of alkyl halides is 2. The summed E-state index contributed by atoms with van der Waals surface area (Å²) in [7, 11) is 0. The second kappa shape index (κ2) is 13.3. The van der Waals surface area contributed by atoms with E-state index in [1.165, 1.54) is 4.90 Å². The fourth-order valence-electron chi connectivity index (χ4n) is 7.37. The Kier molecular flexibility index (Phi) is 8.66. The first-order chi connectivity index (χ1) is 24.3. The zero-order valence-corrected chi connectivity index (χ0v) is 27.5. The zero-order valence-electron chi connectivity index (χ0n) is 27.5. The molecule has 1 N–H and O–H groups in total. The Morgan fingerprint density at radius 2 is 2.04 bits per heavy atom. The van der Waals surface area contributed by atoms with E-state index in [1.807, 2.05) is 6.07 Å². The van der Waals surface area contributed by atoms with Gasteiger partial charge in [0.1, 0.15) is 34.5 Å². The summed E-state index contributed by atoms with van der Waals surface area (Å²) >= 11 is 0. The quantitative estimate of drug-likeness (QED) is 0.263. The Labute approximate surface area is 286 Å². The van der Waals surface area contributed by atoms with Gasteiger partial charge in [0.2, 0.25) is 5.88 Å². The average Bonchev–Trinajstić information content (AvgIpc) is 3.70. The standard InChI is InChI=1S/C36H37F2N5O7/c1-21-36(19-47-20-36)48-13-11-42(21)26-14-23(7-4-6-22-8-5-12-46-18-22)16-39-34(26)49-24-15-27(35(44)45)43(17-24)33-30-29(40-32(41-33)31(37)38)25-9-2-3-10-28(25)50-30/h2-3,9-10,14,16,21-22,24,27,31H,5-6,8,11-13,15,17-20H2,1H3,(H,44,45)/t21-,22+,24-,27-/m0/s1. The molecule has 12 nitrogen and oxygen atoms in total. The average molecular weight is 690 g/mol. The number of carbonyl (C=O) groups is 1. The highest BCUT2D eigenvalue weighted by atomic mass is 19.3. The number of furan rings is 1. The Morgan fingerprint density at radius 3 is 2.80 bits per heavy atom. The molecule has 4 atom stereocenters. The van der Waals surface area contributed by atoms with E-state index in [9.17, 15) is 18.7 Å². The number of halogens is 2. The predicted molar refractivity (Wildman–Crippen MR) is 178 cm³/mol. The molecule has 0 unspecified atom stereocenters. The fraction of sp³-hybridized carbons (Fsp3) is 0.500. The van der Waals surface area contributed by atoms with Crippen LogP contribution in [0, 0.1) is 17.8 Å². The van der Waals surface area contributed by atoms with Crippen LogP contribution in [0.15, 0.2) is 40.9 Å². The smallest absolute Gasteiger partial charge is 0.326 e. The Morgan fingerprint density at radius 1 is 1.18 bits per heavy atom. The normalized spacial score (nSPS) is 24.8. The molecular formula is C36H37F2N5O7. The first-order valence-electron chi connectivity index (χ1n) is 17.0. The fourth-order valence-corrected chi connectivity index (χ4v) is 7.37. The van der Waals surface area contributed by atoms with Crippen LogP contribution in [0.4, 0.5) is 20.3 Å².